The monoisotopic (exact) mass is 264 g/mol. The summed E-state index contributed by atoms with van der Waals surface area (Å²) in [5, 5.41) is -0.894. The SMILES string of the molecule is CC.CCCC(C)S(=O)(=O)OCC(F)(F)F. The third-order valence-electron chi connectivity index (χ3n) is 1.57. The summed E-state index contributed by atoms with van der Waals surface area (Å²) in [5.41, 5.74) is 0. The average Bonchev–Trinajstić information content (AvgIpc) is 2.18. The van der Waals surface area contributed by atoms with Gasteiger partial charge < -0.3 is 0 Å². The second kappa shape index (κ2) is 7.89. The van der Waals surface area contributed by atoms with Gasteiger partial charge in [-0.05, 0) is 13.3 Å². The minimum atomic E-state index is -4.61. The highest BCUT2D eigenvalue weighted by Crippen LogP contribution is 2.18. The van der Waals surface area contributed by atoms with Crippen LogP contribution in [-0.2, 0) is 14.3 Å². The lowest BCUT2D eigenvalue weighted by molar-refractivity contribution is -0.152. The van der Waals surface area contributed by atoms with Crippen molar-refractivity contribution >= 4 is 10.1 Å². The molecule has 0 N–H and O–H groups in total. The maximum Gasteiger partial charge on any atom is 0.413 e. The van der Waals surface area contributed by atoms with Gasteiger partial charge in [-0.15, -0.1) is 0 Å². The van der Waals surface area contributed by atoms with Crippen molar-refractivity contribution in [3.63, 3.8) is 0 Å². The molecule has 100 valence electrons. The van der Waals surface area contributed by atoms with E-state index in [1.165, 1.54) is 6.92 Å². The standard InChI is InChI=1S/C7H13F3O3S.C2H6/c1-3-4-6(2)14(11,12)13-5-7(8,9)10;1-2/h6H,3-5H2,1-2H3;1-2H3. The fraction of sp³-hybridized carbons (Fsp3) is 1.00. The number of hydrogen-bond donors (Lipinski definition) is 0. The lowest BCUT2D eigenvalue weighted by atomic mass is 10.3. The van der Waals surface area contributed by atoms with E-state index in [0.29, 0.717) is 12.8 Å². The molecule has 0 rings (SSSR count). The Labute approximate surface area is 95.1 Å². The van der Waals surface area contributed by atoms with E-state index in [0.717, 1.165) is 0 Å². The molecule has 0 aromatic carbocycles. The van der Waals surface area contributed by atoms with Crippen molar-refractivity contribution in [2.24, 2.45) is 0 Å². The van der Waals surface area contributed by atoms with Crippen molar-refractivity contribution in [1.82, 2.24) is 0 Å². The molecule has 3 nitrogen and oxygen atoms in total. The predicted molar refractivity (Wildman–Crippen MR) is 56.6 cm³/mol. The average molecular weight is 264 g/mol. The van der Waals surface area contributed by atoms with E-state index >= 15 is 0 Å². The van der Waals surface area contributed by atoms with E-state index in [-0.39, 0.29) is 0 Å². The molecule has 0 radical (unpaired) electrons. The Hall–Kier alpha value is -0.300. The van der Waals surface area contributed by atoms with Crippen LogP contribution in [0.15, 0.2) is 0 Å². The molecule has 0 aliphatic carbocycles. The number of halogens is 3. The summed E-state index contributed by atoms with van der Waals surface area (Å²) >= 11 is 0. The second-order valence-corrected chi connectivity index (χ2v) is 5.00. The van der Waals surface area contributed by atoms with E-state index in [1.54, 1.807) is 6.92 Å². The molecular weight excluding hydrogens is 245 g/mol. The molecule has 7 heteroatoms. The molecule has 0 amide bonds. The molecule has 1 unspecified atom stereocenters. The van der Waals surface area contributed by atoms with Crippen LogP contribution in [0.3, 0.4) is 0 Å². The van der Waals surface area contributed by atoms with Gasteiger partial charge in [0.15, 0.2) is 6.61 Å². The Bertz CT molecular complexity index is 260. The molecule has 0 aliphatic rings. The molecule has 0 aromatic heterocycles. The first-order valence-corrected chi connectivity index (χ1v) is 6.61. The molecular formula is C9H19F3O3S. The van der Waals surface area contributed by atoms with Crippen molar-refractivity contribution in [2.75, 3.05) is 6.61 Å². The normalized spacial score (nSPS) is 13.9. The fourth-order valence-electron chi connectivity index (χ4n) is 0.816. The number of rotatable bonds is 5. The highest BCUT2D eigenvalue weighted by molar-refractivity contribution is 7.87. The van der Waals surface area contributed by atoms with Gasteiger partial charge in [0.1, 0.15) is 0 Å². The van der Waals surface area contributed by atoms with Gasteiger partial charge >= 0.3 is 6.18 Å². The number of hydrogen-bond acceptors (Lipinski definition) is 3. The first kappa shape index (κ1) is 18.1. The van der Waals surface area contributed by atoms with Crippen LogP contribution < -0.4 is 0 Å². The van der Waals surface area contributed by atoms with Crippen molar-refractivity contribution in [1.29, 1.82) is 0 Å². The summed E-state index contributed by atoms with van der Waals surface area (Å²) < 4.78 is 60.9. The second-order valence-electron chi connectivity index (χ2n) is 2.97. The maximum atomic E-state index is 11.6. The Morgan fingerprint density at radius 1 is 1.25 bits per heavy atom. The van der Waals surface area contributed by atoms with Crippen LogP contribution in [0, 0.1) is 0 Å². The van der Waals surface area contributed by atoms with E-state index < -0.39 is 28.2 Å². The van der Waals surface area contributed by atoms with Gasteiger partial charge in [-0.2, -0.15) is 21.6 Å². The summed E-state index contributed by atoms with van der Waals surface area (Å²) in [5.74, 6) is 0. The van der Waals surface area contributed by atoms with E-state index in [9.17, 15) is 21.6 Å². The van der Waals surface area contributed by atoms with Gasteiger partial charge in [-0.3, -0.25) is 4.18 Å². The highest BCUT2D eigenvalue weighted by Gasteiger charge is 2.32. The van der Waals surface area contributed by atoms with E-state index in [1.807, 2.05) is 13.8 Å². The van der Waals surface area contributed by atoms with Gasteiger partial charge in [0, 0.05) is 0 Å². The topological polar surface area (TPSA) is 43.4 Å². The van der Waals surface area contributed by atoms with Crippen LogP contribution in [0.2, 0.25) is 0 Å². The molecule has 0 aliphatic heterocycles. The Morgan fingerprint density at radius 3 is 2.00 bits per heavy atom. The first-order valence-electron chi connectivity index (χ1n) is 5.14. The highest BCUT2D eigenvalue weighted by atomic mass is 32.2. The minimum absolute atomic E-state index is 0.292. The van der Waals surface area contributed by atoms with Crippen molar-refractivity contribution in [2.45, 2.75) is 52.0 Å². The molecule has 0 saturated heterocycles. The molecule has 0 fully saturated rings. The van der Waals surface area contributed by atoms with Crippen molar-refractivity contribution < 1.29 is 25.8 Å². The van der Waals surface area contributed by atoms with Crippen LogP contribution in [0.1, 0.15) is 40.5 Å². The number of alkyl halides is 3. The summed E-state index contributed by atoms with van der Waals surface area (Å²) in [6, 6.07) is 0. The summed E-state index contributed by atoms with van der Waals surface area (Å²) in [4.78, 5) is 0. The summed E-state index contributed by atoms with van der Waals surface area (Å²) in [7, 11) is -4.08. The van der Waals surface area contributed by atoms with Gasteiger partial charge in [-0.1, -0.05) is 27.2 Å². The molecule has 0 bridgehead atoms. The van der Waals surface area contributed by atoms with Crippen molar-refractivity contribution in [3.05, 3.63) is 0 Å². The smallest absolute Gasteiger partial charge is 0.260 e. The Kier molecular flexibility index (Phi) is 8.91. The molecule has 1 atom stereocenters. The summed E-state index contributed by atoms with van der Waals surface area (Å²) in [6.07, 6.45) is -3.74. The zero-order valence-corrected chi connectivity index (χ0v) is 10.8. The van der Waals surface area contributed by atoms with Gasteiger partial charge in [0.2, 0.25) is 0 Å². The third-order valence-corrected chi connectivity index (χ3v) is 3.24. The molecule has 0 heterocycles. The minimum Gasteiger partial charge on any atom is -0.260 e. The van der Waals surface area contributed by atoms with Crippen LogP contribution in [0.4, 0.5) is 13.2 Å². The van der Waals surface area contributed by atoms with E-state index in [4.69, 9.17) is 0 Å². The maximum absolute atomic E-state index is 11.6. The molecule has 0 spiro atoms. The lowest BCUT2D eigenvalue weighted by Gasteiger charge is -2.12. The van der Waals surface area contributed by atoms with Gasteiger partial charge in [0.05, 0.1) is 5.25 Å². The molecule has 0 aromatic rings. The molecule has 0 saturated carbocycles. The van der Waals surface area contributed by atoms with Crippen LogP contribution in [0.5, 0.6) is 0 Å². The van der Waals surface area contributed by atoms with E-state index in [2.05, 4.69) is 4.18 Å². The van der Waals surface area contributed by atoms with Crippen molar-refractivity contribution in [3.8, 4) is 0 Å². The Morgan fingerprint density at radius 2 is 1.69 bits per heavy atom. The lowest BCUT2D eigenvalue weighted by Crippen LogP contribution is -2.26. The van der Waals surface area contributed by atoms with Gasteiger partial charge in [-0.25, -0.2) is 0 Å². The zero-order valence-electron chi connectivity index (χ0n) is 9.97. The van der Waals surface area contributed by atoms with Crippen LogP contribution >= 0.6 is 0 Å². The predicted octanol–water partition coefficient (Wildman–Crippen LogP) is 3.11. The fourth-order valence-corrected chi connectivity index (χ4v) is 1.87. The Balaban J connectivity index is 0. The largest absolute Gasteiger partial charge is 0.413 e. The van der Waals surface area contributed by atoms with Crippen LogP contribution in [-0.4, -0.2) is 26.5 Å². The molecule has 16 heavy (non-hydrogen) atoms. The first-order chi connectivity index (χ1) is 7.19. The summed E-state index contributed by atoms with van der Waals surface area (Å²) in [6.45, 7) is 5.33. The third kappa shape index (κ3) is 8.96. The quantitative estimate of drug-likeness (QED) is 0.717. The zero-order chi connectivity index (χ0) is 13.4. The van der Waals surface area contributed by atoms with Gasteiger partial charge in [0.25, 0.3) is 10.1 Å². The van der Waals surface area contributed by atoms with Crippen LogP contribution in [0.25, 0.3) is 0 Å².